The van der Waals surface area contributed by atoms with Gasteiger partial charge < -0.3 is 9.47 Å². The zero-order valence-corrected chi connectivity index (χ0v) is 9.58. The van der Waals surface area contributed by atoms with Crippen LogP contribution in [0.2, 0.25) is 0 Å². The maximum Gasteiger partial charge on any atom is 0.169 e. The maximum atomic E-state index is 6.01. The summed E-state index contributed by atoms with van der Waals surface area (Å²) in [7, 11) is 0. The molecule has 1 saturated carbocycles. The van der Waals surface area contributed by atoms with E-state index in [0.717, 1.165) is 25.2 Å². The third kappa shape index (κ3) is 2.12. The van der Waals surface area contributed by atoms with Crippen LogP contribution in [0.15, 0.2) is 0 Å². The van der Waals surface area contributed by atoms with Crippen LogP contribution in [0, 0.1) is 5.92 Å². The molecule has 2 atom stereocenters. The maximum absolute atomic E-state index is 6.01. The van der Waals surface area contributed by atoms with Crippen molar-refractivity contribution >= 4 is 0 Å². The van der Waals surface area contributed by atoms with Crippen molar-refractivity contribution in [3.05, 3.63) is 0 Å². The average Bonchev–Trinajstić information content (AvgIpc) is 2.09. The second-order valence-corrected chi connectivity index (χ2v) is 5.19. The summed E-state index contributed by atoms with van der Waals surface area (Å²) in [5.74, 6) is 0.629. The molecular weight excluding hydrogens is 176 g/mol. The molecule has 2 heteroatoms. The summed E-state index contributed by atoms with van der Waals surface area (Å²) < 4.78 is 12.0. The van der Waals surface area contributed by atoms with Crippen molar-refractivity contribution in [3.8, 4) is 0 Å². The van der Waals surface area contributed by atoms with Crippen LogP contribution in [0.25, 0.3) is 0 Å². The lowest BCUT2D eigenvalue weighted by Crippen LogP contribution is -2.48. The van der Waals surface area contributed by atoms with Crippen molar-refractivity contribution < 1.29 is 9.47 Å². The minimum Gasteiger partial charge on any atom is -0.347 e. The van der Waals surface area contributed by atoms with Crippen molar-refractivity contribution in [1.29, 1.82) is 0 Å². The largest absolute Gasteiger partial charge is 0.347 e. The molecule has 0 aromatic rings. The summed E-state index contributed by atoms with van der Waals surface area (Å²) in [6, 6.07) is 0. The minimum atomic E-state index is -0.219. The first-order chi connectivity index (χ1) is 6.60. The summed E-state index contributed by atoms with van der Waals surface area (Å²) in [5, 5.41) is 0. The molecule has 82 valence electrons. The van der Waals surface area contributed by atoms with Crippen LogP contribution in [0.4, 0.5) is 0 Å². The monoisotopic (exact) mass is 198 g/mol. The van der Waals surface area contributed by atoms with Crippen LogP contribution in [-0.2, 0) is 9.47 Å². The molecule has 0 bridgehead atoms. The Kier molecular flexibility index (Phi) is 2.85. The lowest BCUT2D eigenvalue weighted by molar-refractivity contribution is -0.324. The summed E-state index contributed by atoms with van der Waals surface area (Å²) in [4.78, 5) is 0. The fourth-order valence-corrected chi connectivity index (χ4v) is 2.76. The Morgan fingerprint density at radius 3 is 1.93 bits per heavy atom. The number of hydrogen-bond donors (Lipinski definition) is 0. The first-order valence-electron chi connectivity index (χ1n) is 5.95. The predicted octanol–water partition coefficient (Wildman–Crippen LogP) is 3.11. The summed E-state index contributed by atoms with van der Waals surface area (Å²) in [6.45, 7) is 6.65. The van der Waals surface area contributed by atoms with Gasteiger partial charge in [-0.25, -0.2) is 0 Å². The second kappa shape index (κ2) is 3.82. The van der Waals surface area contributed by atoms with Crippen molar-refractivity contribution in [3.63, 3.8) is 0 Å². The van der Waals surface area contributed by atoms with Gasteiger partial charge in [-0.3, -0.25) is 0 Å². The third-order valence-corrected chi connectivity index (χ3v) is 3.53. The van der Waals surface area contributed by atoms with Crippen molar-refractivity contribution in [2.75, 3.05) is 0 Å². The quantitative estimate of drug-likeness (QED) is 0.595. The summed E-state index contributed by atoms with van der Waals surface area (Å²) in [6.07, 6.45) is 6.45. The van der Waals surface area contributed by atoms with Gasteiger partial charge >= 0.3 is 0 Å². The van der Waals surface area contributed by atoms with Crippen molar-refractivity contribution in [2.45, 2.75) is 70.9 Å². The van der Waals surface area contributed by atoms with Gasteiger partial charge in [0.1, 0.15) is 0 Å². The average molecular weight is 198 g/mol. The predicted molar refractivity (Wildman–Crippen MR) is 56.1 cm³/mol. The van der Waals surface area contributed by atoms with Gasteiger partial charge in [0.2, 0.25) is 0 Å². The summed E-state index contributed by atoms with van der Waals surface area (Å²) in [5.41, 5.74) is 0. The molecule has 14 heavy (non-hydrogen) atoms. The zero-order chi connectivity index (χ0) is 10.2. The molecule has 1 saturated heterocycles. The SMILES string of the molecule is CC1CCC2(CC1)O[C@H](C)C[C@@H](C)O2. The molecule has 0 unspecified atom stereocenters. The van der Waals surface area contributed by atoms with E-state index in [4.69, 9.17) is 9.47 Å². The Bertz CT molecular complexity index is 182. The number of hydrogen-bond acceptors (Lipinski definition) is 2. The lowest BCUT2D eigenvalue weighted by Gasteiger charge is -2.46. The Labute approximate surface area is 87.0 Å². The second-order valence-electron chi connectivity index (χ2n) is 5.19. The van der Waals surface area contributed by atoms with Crippen molar-refractivity contribution in [1.82, 2.24) is 0 Å². The molecule has 0 amide bonds. The molecule has 1 spiro atoms. The van der Waals surface area contributed by atoms with E-state index in [-0.39, 0.29) is 5.79 Å². The van der Waals surface area contributed by atoms with E-state index >= 15 is 0 Å². The molecule has 0 radical (unpaired) electrons. The van der Waals surface area contributed by atoms with Crippen LogP contribution in [0.5, 0.6) is 0 Å². The molecule has 0 aromatic carbocycles. The molecule has 2 nitrogen and oxygen atoms in total. The van der Waals surface area contributed by atoms with Gasteiger partial charge in [0.15, 0.2) is 5.79 Å². The van der Waals surface area contributed by atoms with E-state index in [2.05, 4.69) is 20.8 Å². The minimum absolute atomic E-state index is 0.219. The molecule has 0 N–H and O–H groups in total. The smallest absolute Gasteiger partial charge is 0.169 e. The van der Waals surface area contributed by atoms with E-state index in [9.17, 15) is 0 Å². The molecular formula is C12H22O2. The van der Waals surface area contributed by atoms with E-state index < -0.39 is 0 Å². The Morgan fingerprint density at radius 1 is 0.929 bits per heavy atom. The van der Waals surface area contributed by atoms with Gasteiger partial charge in [-0.2, -0.15) is 0 Å². The molecule has 2 aliphatic rings. The fourth-order valence-electron chi connectivity index (χ4n) is 2.76. The van der Waals surface area contributed by atoms with E-state index in [1.54, 1.807) is 0 Å². The first kappa shape index (κ1) is 10.4. The van der Waals surface area contributed by atoms with Gasteiger partial charge in [-0.15, -0.1) is 0 Å². The van der Waals surface area contributed by atoms with Crippen LogP contribution >= 0.6 is 0 Å². The molecule has 1 aliphatic carbocycles. The van der Waals surface area contributed by atoms with Gasteiger partial charge in [-0.1, -0.05) is 6.92 Å². The lowest BCUT2D eigenvalue weighted by atomic mass is 9.85. The molecule has 0 aromatic heterocycles. The molecule has 2 fully saturated rings. The Morgan fingerprint density at radius 2 is 1.43 bits per heavy atom. The van der Waals surface area contributed by atoms with Gasteiger partial charge in [-0.05, 0) is 39.0 Å². The van der Waals surface area contributed by atoms with E-state index in [1.165, 1.54) is 12.8 Å². The van der Waals surface area contributed by atoms with Gasteiger partial charge in [0, 0.05) is 12.8 Å². The van der Waals surface area contributed by atoms with Crippen LogP contribution in [0.3, 0.4) is 0 Å². The standard InChI is InChI=1S/C12H22O2/c1-9-4-6-12(7-5-9)13-10(2)8-11(3)14-12/h9-11H,4-8H2,1-3H3/t10-,11-/m1/s1. The van der Waals surface area contributed by atoms with E-state index in [1.807, 2.05) is 0 Å². The van der Waals surface area contributed by atoms with Gasteiger partial charge in [0.25, 0.3) is 0 Å². The van der Waals surface area contributed by atoms with E-state index in [0.29, 0.717) is 12.2 Å². The first-order valence-corrected chi connectivity index (χ1v) is 5.95. The molecule has 1 aliphatic heterocycles. The fraction of sp³-hybridized carbons (Fsp3) is 1.00. The highest BCUT2D eigenvalue weighted by atomic mass is 16.7. The van der Waals surface area contributed by atoms with Crippen molar-refractivity contribution in [2.24, 2.45) is 5.92 Å². The highest BCUT2D eigenvalue weighted by Crippen LogP contribution is 2.40. The van der Waals surface area contributed by atoms with Crippen LogP contribution in [0.1, 0.15) is 52.9 Å². The number of ether oxygens (including phenoxy) is 2. The normalized spacial score (nSPS) is 49.5. The highest BCUT2D eigenvalue weighted by molar-refractivity contribution is 4.83. The van der Waals surface area contributed by atoms with Gasteiger partial charge in [0.05, 0.1) is 12.2 Å². The highest BCUT2D eigenvalue weighted by Gasteiger charge is 2.42. The topological polar surface area (TPSA) is 18.5 Å². The number of rotatable bonds is 0. The van der Waals surface area contributed by atoms with Crippen LogP contribution < -0.4 is 0 Å². The third-order valence-electron chi connectivity index (χ3n) is 3.53. The molecule has 1 heterocycles. The van der Waals surface area contributed by atoms with Crippen LogP contribution in [-0.4, -0.2) is 18.0 Å². The Hall–Kier alpha value is -0.0800. The zero-order valence-electron chi connectivity index (χ0n) is 9.58. The molecule has 2 rings (SSSR count). The summed E-state index contributed by atoms with van der Waals surface area (Å²) >= 11 is 0. The Balaban J connectivity index is 2.00.